The van der Waals surface area contributed by atoms with Crippen molar-refractivity contribution in [2.45, 2.75) is 18.4 Å². The number of amides is 1. The number of rotatable bonds is 10. The van der Waals surface area contributed by atoms with E-state index in [1.54, 1.807) is 11.6 Å². The summed E-state index contributed by atoms with van der Waals surface area (Å²) in [4.78, 5) is 12.3. The molecule has 4 aromatic rings. The third-order valence-electron chi connectivity index (χ3n) is 4.91. The Bertz CT molecular complexity index is 1210. The van der Waals surface area contributed by atoms with Crippen molar-refractivity contribution in [1.29, 1.82) is 0 Å². The van der Waals surface area contributed by atoms with Gasteiger partial charge in [-0.15, -0.1) is 10.2 Å². The third kappa shape index (κ3) is 5.81. The van der Waals surface area contributed by atoms with Crippen molar-refractivity contribution >= 4 is 23.3 Å². The van der Waals surface area contributed by atoms with Crippen LogP contribution >= 0.6 is 11.8 Å². The monoisotopic (exact) mass is 463 g/mol. The maximum absolute atomic E-state index is 12.3. The van der Waals surface area contributed by atoms with Crippen LogP contribution in [-0.2, 0) is 11.2 Å². The number of hydrogen-bond acceptors (Lipinski definition) is 7. The molecule has 0 atom stereocenters. The van der Waals surface area contributed by atoms with Gasteiger partial charge in [0.05, 0.1) is 19.5 Å². The second-order valence-corrected chi connectivity index (χ2v) is 8.15. The average Bonchev–Trinajstić information content (AvgIpc) is 3.27. The zero-order valence-corrected chi connectivity index (χ0v) is 19.3. The number of nitrogens with one attached hydrogen (secondary N) is 1. The molecule has 0 spiro atoms. The van der Waals surface area contributed by atoms with E-state index in [1.165, 1.54) is 11.8 Å². The molecule has 0 unspecified atom stereocenters. The fourth-order valence-electron chi connectivity index (χ4n) is 3.22. The predicted octanol–water partition coefficient (Wildman–Crippen LogP) is 3.65. The van der Waals surface area contributed by atoms with Gasteiger partial charge in [-0.25, -0.2) is 0 Å². The molecule has 1 N–H and O–H groups in total. The van der Waals surface area contributed by atoms with Crippen molar-refractivity contribution in [3.05, 3.63) is 66.2 Å². The number of carbonyl (C=O) groups excluding carboxylic acids is 1. The van der Waals surface area contributed by atoms with Crippen LogP contribution < -0.4 is 14.8 Å². The van der Waals surface area contributed by atoms with E-state index in [-0.39, 0.29) is 11.7 Å². The number of aromatic nitrogens is 4. The largest absolute Gasteiger partial charge is 0.497 e. The minimum absolute atomic E-state index is 0.0362. The topological polar surface area (TPSA) is 90.6 Å². The van der Waals surface area contributed by atoms with Crippen molar-refractivity contribution in [3.8, 4) is 22.9 Å². The molecule has 0 radical (unpaired) electrons. The molecule has 2 aromatic carbocycles. The Kier molecular flexibility index (Phi) is 7.41. The summed E-state index contributed by atoms with van der Waals surface area (Å²) in [7, 11) is 1.64. The van der Waals surface area contributed by atoms with Crippen molar-refractivity contribution in [1.82, 2.24) is 25.1 Å². The van der Waals surface area contributed by atoms with Crippen LogP contribution in [0.2, 0.25) is 0 Å². The number of benzene rings is 2. The lowest BCUT2D eigenvalue weighted by Crippen LogP contribution is -2.27. The summed E-state index contributed by atoms with van der Waals surface area (Å²) in [5, 5.41) is 16.8. The summed E-state index contributed by atoms with van der Waals surface area (Å²) < 4.78 is 12.4. The molecule has 2 heterocycles. The lowest BCUT2D eigenvalue weighted by molar-refractivity contribution is -0.118. The molecule has 0 bridgehead atoms. The average molecular weight is 464 g/mol. The van der Waals surface area contributed by atoms with Crippen LogP contribution in [0.5, 0.6) is 11.5 Å². The highest BCUT2D eigenvalue weighted by atomic mass is 32.2. The minimum Gasteiger partial charge on any atom is -0.497 e. The van der Waals surface area contributed by atoms with Crippen LogP contribution in [0.25, 0.3) is 17.0 Å². The molecule has 4 rings (SSSR count). The second kappa shape index (κ2) is 10.8. The Morgan fingerprint density at radius 2 is 1.76 bits per heavy atom. The summed E-state index contributed by atoms with van der Waals surface area (Å²) >= 11 is 1.37. The molecule has 0 aliphatic carbocycles. The van der Waals surface area contributed by atoms with Crippen LogP contribution in [0.1, 0.15) is 12.5 Å². The quantitative estimate of drug-likeness (QED) is 0.359. The van der Waals surface area contributed by atoms with Crippen LogP contribution in [0.3, 0.4) is 0 Å². The van der Waals surface area contributed by atoms with E-state index < -0.39 is 0 Å². The number of thioether (sulfide) groups is 1. The van der Waals surface area contributed by atoms with E-state index in [2.05, 4.69) is 20.6 Å². The molecule has 0 saturated heterocycles. The SMILES string of the molecule is CCOc1ccc(-c2nnc3ccc(SCC(=O)NCCc4ccc(OC)cc4)nn23)cc1. The Morgan fingerprint density at radius 1 is 1.00 bits per heavy atom. The maximum Gasteiger partial charge on any atom is 0.230 e. The van der Waals surface area contributed by atoms with E-state index in [0.717, 1.165) is 34.1 Å². The Hall–Kier alpha value is -3.59. The van der Waals surface area contributed by atoms with E-state index in [9.17, 15) is 4.79 Å². The smallest absolute Gasteiger partial charge is 0.230 e. The van der Waals surface area contributed by atoms with E-state index in [0.29, 0.717) is 24.6 Å². The predicted molar refractivity (Wildman–Crippen MR) is 128 cm³/mol. The first-order valence-electron chi connectivity index (χ1n) is 10.6. The first-order valence-corrected chi connectivity index (χ1v) is 11.6. The molecule has 8 nitrogen and oxygen atoms in total. The van der Waals surface area contributed by atoms with Gasteiger partial charge < -0.3 is 14.8 Å². The van der Waals surface area contributed by atoms with Gasteiger partial charge in [0, 0.05) is 12.1 Å². The van der Waals surface area contributed by atoms with Gasteiger partial charge >= 0.3 is 0 Å². The van der Waals surface area contributed by atoms with Gasteiger partial charge in [0.2, 0.25) is 5.91 Å². The van der Waals surface area contributed by atoms with Crippen molar-refractivity contribution in [2.24, 2.45) is 0 Å². The standard InChI is InChI=1S/C24H25N5O3S/c1-3-32-20-10-6-18(7-11-20)24-27-26-21-12-13-23(28-29(21)24)33-16-22(30)25-15-14-17-4-8-19(31-2)9-5-17/h4-13H,3,14-16H2,1-2H3,(H,25,30). The molecule has 0 fully saturated rings. The van der Waals surface area contributed by atoms with E-state index >= 15 is 0 Å². The molecule has 2 aromatic heterocycles. The Morgan fingerprint density at radius 3 is 2.48 bits per heavy atom. The lowest BCUT2D eigenvalue weighted by atomic mass is 10.1. The van der Waals surface area contributed by atoms with Gasteiger partial charge in [0.1, 0.15) is 16.5 Å². The number of hydrogen-bond donors (Lipinski definition) is 1. The highest BCUT2D eigenvalue weighted by Crippen LogP contribution is 2.23. The van der Waals surface area contributed by atoms with Crippen molar-refractivity contribution < 1.29 is 14.3 Å². The molecular weight excluding hydrogens is 438 g/mol. The zero-order chi connectivity index (χ0) is 23.0. The number of fused-ring (bicyclic) bond motifs is 1. The zero-order valence-electron chi connectivity index (χ0n) is 18.5. The van der Waals surface area contributed by atoms with Gasteiger partial charge in [0.15, 0.2) is 11.5 Å². The maximum atomic E-state index is 12.3. The van der Waals surface area contributed by atoms with E-state index in [4.69, 9.17) is 9.47 Å². The molecule has 0 aliphatic heterocycles. The Balaban J connectivity index is 1.33. The molecule has 1 amide bonds. The first-order chi connectivity index (χ1) is 16.2. The molecular formula is C24H25N5O3S. The highest BCUT2D eigenvalue weighted by molar-refractivity contribution is 7.99. The van der Waals surface area contributed by atoms with Crippen molar-refractivity contribution in [3.63, 3.8) is 0 Å². The molecule has 33 heavy (non-hydrogen) atoms. The molecule has 9 heteroatoms. The third-order valence-corrected chi connectivity index (χ3v) is 5.83. The summed E-state index contributed by atoms with van der Waals surface area (Å²) in [6.07, 6.45) is 0.761. The summed E-state index contributed by atoms with van der Waals surface area (Å²) in [5.41, 5.74) is 2.68. The van der Waals surface area contributed by atoms with Crippen LogP contribution in [-0.4, -0.2) is 51.7 Å². The number of carbonyl (C=O) groups is 1. The normalized spacial score (nSPS) is 10.8. The summed E-state index contributed by atoms with van der Waals surface area (Å²) in [6, 6.07) is 19.2. The van der Waals surface area contributed by atoms with Gasteiger partial charge in [-0.3, -0.25) is 4.79 Å². The van der Waals surface area contributed by atoms with Gasteiger partial charge in [0.25, 0.3) is 0 Å². The van der Waals surface area contributed by atoms with E-state index in [1.807, 2.05) is 67.6 Å². The molecule has 170 valence electrons. The molecule has 0 saturated carbocycles. The number of methoxy groups -OCH3 is 1. The van der Waals surface area contributed by atoms with Crippen molar-refractivity contribution in [2.75, 3.05) is 26.0 Å². The fraction of sp³-hybridized carbons (Fsp3) is 0.250. The number of ether oxygens (including phenoxy) is 2. The lowest BCUT2D eigenvalue weighted by Gasteiger charge is -2.07. The van der Waals surface area contributed by atoms with Gasteiger partial charge in [-0.05, 0) is 67.4 Å². The van der Waals surface area contributed by atoms with Gasteiger partial charge in [-0.1, -0.05) is 23.9 Å². The number of nitrogens with zero attached hydrogens (tertiary/aromatic N) is 4. The van der Waals surface area contributed by atoms with Crippen LogP contribution in [0.4, 0.5) is 0 Å². The Labute approximate surface area is 196 Å². The second-order valence-electron chi connectivity index (χ2n) is 7.16. The summed E-state index contributed by atoms with van der Waals surface area (Å²) in [6.45, 7) is 3.14. The summed E-state index contributed by atoms with van der Waals surface area (Å²) in [5.74, 6) is 2.51. The van der Waals surface area contributed by atoms with Crippen LogP contribution in [0, 0.1) is 0 Å². The molecule has 0 aliphatic rings. The fourth-order valence-corrected chi connectivity index (χ4v) is 3.91. The van der Waals surface area contributed by atoms with Gasteiger partial charge in [-0.2, -0.15) is 9.61 Å². The highest BCUT2D eigenvalue weighted by Gasteiger charge is 2.11. The van der Waals surface area contributed by atoms with Crippen LogP contribution in [0.15, 0.2) is 65.7 Å². The minimum atomic E-state index is -0.0362. The first kappa shape index (κ1) is 22.6.